The lowest BCUT2D eigenvalue weighted by Gasteiger charge is -2.32. The van der Waals surface area contributed by atoms with Gasteiger partial charge >= 0.3 is 13.1 Å². The summed E-state index contributed by atoms with van der Waals surface area (Å²) in [7, 11) is -0.464. The van der Waals surface area contributed by atoms with Crippen LogP contribution in [-0.4, -0.2) is 35.7 Å². The molecule has 0 aromatic heterocycles. The summed E-state index contributed by atoms with van der Waals surface area (Å²) < 4.78 is 11.9. The van der Waals surface area contributed by atoms with Gasteiger partial charge in [-0.3, -0.25) is 0 Å². The molecule has 108 valence electrons. The summed E-state index contributed by atoms with van der Waals surface area (Å²) in [6.07, 6.45) is 1.86. The number of rotatable bonds is 3. The Kier molecular flexibility index (Phi) is 3.93. The summed E-state index contributed by atoms with van der Waals surface area (Å²) in [6.45, 7) is 7.98. The Labute approximate surface area is 124 Å². The standard InChI is InChI=1S/C14H19BO4S/c1-13(2)14(3,4)19-15(18-13)9-6-7-10(12(16)17)11(8-9)20-5/h6-8H,1-5H3,(H,16,17). The van der Waals surface area contributed by atoms with E-state index < -0.39 is 24.3 Å². The second-order valence-corrected chi connectivity index (χ2v) is 6.70. The molecule has 0 bridgehead atoms. The monoisotopic (exact) mass is 294 g/mol. The van der Waals surface area contributed by atoms with Crippen molar-refractivity contribution in [3.8, 4) is 0 Å². The third kappa shape index (κ3) is 2.60. The quantitative estimate of drug-likeness (QED) is 0.685. The van der Waals surface area contributed by atoms with Gasteiger partial charge in [-0.15, -0.1) is 11.8 Å². The number of benzene rings is 1. The highest BCUT2D eigenvalue weighted by molar-refractivity contribution is 7.98. The minimum absolute atomic E-state index is 0.303. The molecule has 1 aliphatic rings. The lowest BCUT2D eigenvalue weighted by Crippen LogP contribution is -2.41. The van der Waals surface area contributed by atoms with Crippen LogP contribution in [0.25, 0.3) is 0 Å². The van der Waals surface area contributed by atoms with Crippen LogP contribution >= 0.6 is 11.8 Å². The van der Waals surface area contributed by atoms with E-state index in [-0.39, 0.29) is 0 Å². The summed E-state index contributed by atoms with van der Waals surface area (Å²) >= 11 is 1.40. The minimum atomic E-state index is -0.921. The van der Waals surface area contributed by atoms with Gasteiger partial charge in [-0.05, 0) is 51.5 Å². The zero-order valence-electron chi connectivity index (χ0n) is 12.4. The molecular formula is C14H19BO4S. The maximum absolute atomic E-state index is 11.1. The van der Waals surface area contributed by atoms with Gasteiger partial charge in [0.25, 0.3) is 0 Å². The summed E-state index contributed by atoms with van der Waals surface area (Å²) in [5, 5.41) is 9.14. The summed E-state index contributed by atoms with van der Waals surface area (Å²) in [4.78, 5) is 11.9. The maximum atomic E-state index is 11.1. The van der Waals surface area contributed by atoms with E-state index in [4.69, 9.17) is 14.4 Å². The van der Waals surface area contributed by atoms with Crippen molar-refractivity contribution in [3.63, 3.8) is 0 Å². The van der Waals surface area contributed by atoms with Gasteiger partial charge in [-0.2, -0.15) is 0 Å². The lowest BCUT2D eigenvalue weighted by molar-refractivity contribution is 0.00578. The van der Waals surface area contributed by atoms with Crippen molar-refractivity contribution in [1.82, 2.24) is 0 Å². The second kappa shape index (κ2) is 5.09. The molecule has 1 aliphatic heterocycles. The zero-order chi connectivity index (χ0) is 15.1. The molecule has 20 heavy (non-hydrogen) atoms. The third-order valence-electron chi connectivity index (χ3n) is 3.98. The van der Waals surface area contributed by atoms with E-state index in [1.807, 2.05) is 40.0 Å². The van der Waals surface area contributed by atoms with Gasteiger partial charge in [0.05, 0.1) is 16.8 Å². The number of carboxylic acid groups (broad SMARTS) is 1. The third-order valence-corrected chi connectivity index (χ3v) is 4.76. The molecule has 0 spiro atoms. The van der Waals surface area contributed by atoms with Crippen molar-refractivity contribution < 1.29 is 19.2 Å². The van der Waals surface area contributed by atoms with Crippen LogP contribution in [0.2, 0.25) is 0 Å². The fraction of sp³-hybridized carbons (Fsp3) is 0.500. The normalized spacial score (nSPS) is 20.1. The highest BCUT2D eigenvalue weighted by atomic mass is 32.2. The molecule has 0 unspecified atom stereocenters. The minimum Gasteiger partial charge on any atom is -0.478 e. The molecule has 0 radical (unpaired) electrons. The molecule has 0 saturated carbocycles. The predicted octanol–water partition coefficient (Wildman–Crippen LogP) is 2.41. The first-order chi connectivity index (χ1) is 9.18. The molecule has 0 aliphatic carbocycles. The number of hydrogen-bond donors (Lipinski definition) is 1. The number of carbonyl (C=O) groups is 1. The molecule has 1 aromatic carbocycles. The van der Waals surface area contributed by atoms with E-state index in [1.165, 1.54) is 11.8 Å². The molecule has 4 nitrogen and oxygen atoms in total. The second-order valence-electron chi connectivity index (χ2n) is 5.85. The Hall–Kier alpha value is -0.975. The largest absolute Gasteiger partial charge is 0.494 e. The highest BCUT2D eigenvalue weighted by Crippen LogP contribution is 2.36. The summed E-state index contributed by atoms with van der Waals surface area (Å²) in [6, 6.07) is 5.19. The van der Waals surface area contributed by atoms with Crippen LogP contribution in [0.4, 0.5) is 0 Å². The fourth-order valence-corrected chi connectivity index (χ4v) is 2.64. The Morgan fingerprint density at radius 2 is 1.75 bits per heavy atom. The van der Waals surface area contributed by atoms with Crippen LogP contribution in [0.15, 0.2) is 23.1 Å². The Morgan fingerprint density at radius 3 is 2.20 bits per heavy atom. The highest BCUT2D eigenvalue weighted by Gasteiger charge is 2.51. The Morgan fingerprint density at radius 1 is 1.20 bits per heavy atom. The van der Waals surface area contributed by atoms with Gasteiger partial charge in [0.2, 0.25) is 0 Å². The fourth-order valence-electron chi connectivity index (χ4n) is 2.01. The van der Waals surface area contributed by atoms with Crippen LogP contribution in [0.3, 0.4) is 0 Å². The topological polar surface area (TPSA) is 55.8 Å². The van der Waals surface area contributed by atoms with Gasteiger partial charge in [0, 0.05) is 4.90 Å². The molecular weight excluding hydrogens is 275 g/mol. The number of hydrogen-bond acceptors (Lipinski definition) is 4. The van der Waals surface area contributed by atoms with Crippen molar-refractivity contribution in [1.29, 1.82) is 0 Å². The molecule has 1 saturated heterocycles. The molecule has 1 N–H and O–H groups in total. The number of aromatic carboxylic acids is 1. The lowest BCUT2D eigenvalue weighted by atomic mass is 9.79. The van der Waals surface area contributed by atoms with Crippen LogP contribution in [0.1, 0.15) is 38.1 Å². The van der Waals surface area contributed by atoms with Crippen molar-refractivity contribution in [2.45, 2.75) is 43.8 Å². The molecule has 0 amide bonds. The van der Waals surface area contributed by atoms with Crippen molar-refractivity contribution in [3.05, 3.63) is 23.8 Å². The van der Waals surface area contributed by atoms with E-state index in [1.54, 1.807) is 12.1 Å². The van der Waals surface area contributed by atoms with Gasteiger partial charge in [-0.1, -0.05) is 6.07 Å². The molecule has 2 rings (SSSR count). The SMILES string of the molecule is CSc1cc(B2OC(C)(C)C(C)(C)O2)ccc1C(=O)O. The van der Waals surface area contributed by atoms with E-state index in [0.29, 0.717) is 10.5 Å². The van der Waals surface area contributed by atoms with Crippen molar-refractivity contribution in [2.75, 3.05) is 6.26 Å². The van der Waals surface area contributed by atoms with Crippen molar-refractivity contribution >= 4 is 30.3 Å². The first kappa shape index (κ1) is 15.4. The maximum Gasteiger partial charge on any atom is 0.494 e. The van der Waals surface area contributed by atoms with E-state index in [2.05, 4.69) is 0 Å². The Bertz CT molecular complexity index is 526. The Balaban J connectivity index is 2.34. The van der Waals surface area contributed by atoms with Crippen molar-refractivity contribution in [2.24, 2.45) is 0 Å². The van der Waals surface area contributed by atoms with Crippen LogP contribution in [0.5, 0.6) is 0 Å². The average molecular weight is 294 g/mol. The predicted molar refractivity (Wildman–Crippen MR) is 80.9 cm³/mol. The molecule has 1 aromatic rings. The van der Waals surface area contributed by atoms with E-state index >= 15 is 0 Å². The van der Waals surface area contributed by atoms with Gasteiger partial charge < -0.3 is 14.4 Å². The smallest absolute Gasteiger partial charge is 0.478 e. The first-order valence-electron chi connectivity index (χ1n) is 6.45. The number of carboxylic acids is 1. The first-order valence-corrected chi connectivity index (χ1v) is 7.67. The van der Waals surface area contributed by atoms with E-state index in [0.717, 1.165) is 5.46 Å². The zero-order valence-corrected chi connectivity index (χ0v) is 13.2. The van der Waals surface area contributed by atoms with Gasteiger partial charge in [0.1, 0.15) is 0 Å². The van der Waals surface area contributed by atoms with Gasteiger partial charge in [-0.25, -0.2) is 4.79 Å². The van der Waals surface area contributed by atoms with Crippen LogP contribution in [-0.2, 0) is 9.31 Å². The summed E-state index contributed by atoms with van der Waals surface area (Å²) in [5.74, 6) is -0.921. The molecule has 6 heteroatoms. The average Bonchev–Trinajstić information content (AvgIpc) is 2.57. The molecule has 1 heterocycles. The number of thioether (sulfide) groups is 1. The molecule has 0 atom stereocenters. The summed E-state index contributed by atoms with van der Waals surface area (Å²) in [5.41, 5.74) is 0.349. The molecule has 1 fully saturated rings. The van der Waals surface area contributed by atoms with E-state index in [9.17, 15) is 4.79 Å². The van der Waals surface area contributed by atoms with Crippen LogP contribution < -0.4 is 5.46 Å². The van der Waals surface area contributed by atoms with Crippen LogP contribution in [0, 0.1) is 0 Å². The van der Waals surface area contributed by atoms with Gasteiger partial charge in [0.15, 0.2) is 0 Å².